The summed E-state index contributed by atoms with van der Waals surface area (Å²) in [6.07, 6.45) is 5.17. The fourth-order valence-electron chi connectivity index (χ4n) is 1.83. The Kier molecular flexibility index (Phi) is 2.73. The van der Waals surface area contributed by atoms with Gasteiger partial charge in [0.1, 0.15) is 5.60 Å². The van der Waals surface area contributed by atoms with Gasteiger partial charge < -0.3 is 9.22 Å². The Morgan fingerprint density at radius 1 is 1.25 bits per heavy atom. The van der Waals surface area contributed by atoms with Gasteiger partial charge in [-0.05, 0) is 32.5 Å². The molecule has 1 saturated carbocycles. The van der Waals surface area contributed by atoms with Gasteiger partial charge in [0.25, 0.3) is 0 Å². The minimum absolute atomic E-state index is 0.398. The summed E-state index contributed by atoms with van der Waals surface area (Å²) in [7, 11) is -1.55. The van der Waals surface area contributed by atoms with E-state index in [1.807, 2.05) is 0 Å². The highest BCUT2D eigenvalue weighted by Gasteiger charge is 2.38. The summed E-state index contributed by atoms with van der Waals surface area (Å²) < 4.78 is 5.91. The van der Waals surface area contributed by atoms with E-state index < -0.39 is 13.9 Å². The van der Waals surface area contributed by atoms with Crippen molar-refractivity contribution in [3.05, 3.63) is 0 Å². The van der Waals surface area contributed by atoms with Crippen LogP contribution in [0, 0.1) is 0 Å². The quantitative estimate of drug-likeness (QED) is 0.499. The molecular formula is C9H18O2Si. The smallest absolute Gasteiger partial charge is 0.185 e. The number of carbonyl (C=O) groups excluding carboxylic acids is 1. The van der Waals surface area contributed by atoms with Crippen molar-refractivity contribution >= 4 is 14.6 Å². The zero-order valence-corrected chi connectivity index (χ0v) is 9.22. The van der Waals surface area contributed by atoms with Gasteiger partial charge in [-0.3, -0.25) is 0 Å². The Labute approximate surface area is 75.4 Å². The first-order valence-electron chi connectivity index (χ1n) is 4.64. The molecule has 0 atom stereocenters. The van der Waals surface area contributed by atoms with Crippen molar-refractivity contribution in [3.63, 3.8) is 0 Å². The minimum Gasteiger partial charge on any atom is -0.405 e. The normalized spacial score (nSPS) is 22.6. The van der Waals surface area contributed by atoms with E-state index >= 15 is 0 Å². The average Bonchev–Trinajstić information content (AvgIpc) is 2.34. The van der Waals surface area contributed by atoms with E-state index in [4.69, 9.17) is 4.43 Å². The van der Waals surface area contributed by atoms with E-state index in [2.05, 4.69) is 19.6 Å². The molecule has 1 fully saturated rings. The standard InChI is InChI=1S/C9H18O2Si/c1-12(2,3)11-9(8-10)6-4-5-7-9/h8H,4-7H2,1-3H3. The van der Waals surface area contributed by atoms with Crippen molar-refractivity contribution in [2.75, 3.05) is 0 Å². The SMILES string of the molecule is C[Si](C)(C)OC1(C=O)CCCC1. The number of rotatable bonds is 3. The number of hydrogen-bond acceptors (Lipinski definition) is 2. The summed E-state index contributed by atoms with van der Waals surface area (Å²) in [6, 6.07) is 0. The molecule has 0 N–H and O–H groups in total. The maximum Gasteiger partial charge on any atom is 0.185 e. The van der Waals surface area contributed by atoms with Crippen LogP contribution < -0.4 is 0 Å². The van der Waals surface area contributed by atoms with Crippen LogP contribution in [-0.2, 0) is 9.22 Å². The van der Waals surface area contributed by atoms with E-state index in [1.165, 1.54) is 0 Å². The van der Waals surface area contributed by atoms with Crippen molar-refractivity contribution in [2.24, 2.45) is 0 Å². The molecule has 0 aromatic heterocycles. The van der Waals surface area contributed by atoms with Gasteiger partial charge in [0, 0.05) is 0 Å². The molecule has 2 nitrogen and oxygen atoms in total. The van der Waals surface area contributed by atoms with Crippen molar-refractivity contribution in [1.82, 2.24) is 0 Å². The van der Waals surface area contributed by atoms with E-state index in [0.717, 1.165) is 32.0 Å². The molecule has 12 heavy (non-hydrogen) atoms. The monoisotopic (exact) mass is 186 g/mol. The predicted octanol–water partition coefficient (Wildman–Crippen LogP) is 2.35. The van der Waals surface area contributed by atoms with Gasteiger partial charge in [0.2, 0.25) is 0 Å². The molecule has 0 bridgehead atoms. The summed E-state index contributed by atoms with van der Waals surface area (Å²) in [5, 5.41) is 0. The Bertz CT molecular complexity index is 166. The molecule has 0 saturated heterocycles. The molecule has 0 unspecified atom stereocenters. The van der Waals surface area contributed by atoms with Crippen LogP contribution in [0.1, 0.15) is 25.7 Å². The summed E-state index contributed by atoms with van der Waals surface area (Å²) in [4.78, 5) is 10.9. The van der Waals surface area contributed by atoms with E-state index in [9.17, 15) is 4.79 Å². The van der Waals surface area contributed by atoms with Crippen molar-refractivity contribution in [2.45, 2.75) is 50.9 Å². The molecule has 0 aromatic carbocycles. The lowest BCUT2D eigenvalue weighted by molar-refractivity contribution is -0.121. The molecule has 0 aliphatic heterocycles. The minimum atomic E-state index is -1.55. The van der Waals surface area contributed by atoms with E-state index in [0.29, 0.717) is 0 Å². The van der Waals surface area contributed by atoms with Crippen LogP contribution in [0.4, 0.5) is 0 Å². The van der Waals surface area contributed by atoms with Crippen molar-refractivity contribution in [3.8, 4) is 0 Å². The fraction of sp³-hybridized carbons (Fsp3) is 0.889. The topological polar surface area (TPSA) is 26.3 Å². The maximum atomic E-state index is 10.9. The third-order valence-electron chi connectivity index (χ3n) is 2.17. The van der Waals surface area contributed by atoms with E-state index in [1.54, 1.807) is 0 Å². The highest BCUT2D eigenvalue weighted by atomic mass is 28.4. The lowest BCUT2D eigenvalue weighted by Crippen LogP contribution is -2.41. The summed E-state index contributed by atoms with van der Waals surface area (Å²) in [5.74, 6) is 0. The van der Waals surface area contributed by atoms with Gasteiger partial charge in [-0.2, -0.15) is 0 Å². The summed E-state index contributed by atoms with van der Waals surface area (Å²) >= 11 is 0. The molecule has 0 spiro atoms. The molecule has 1 aliphatic carbocycles. The highest BCUT2D eigenvalue weighted by molar-refractivity contribution is 6.70. The Morgan fingerprint density at radius 2 is 1.75 bits per heavy atom. The van der Waals surface area contributed by atoms with Gasteiger partial charge in [0.15, 0.2) is 14.6 Å². The van der Waals surface area contributed by atoms with Gasteiger partial charge in [0.05, 0.1) is 0 Å². The first kappa shape index (κ1) is 9.93. The second-order valence-corrected chi connectivity index (χ2v) is 9.03. The van der Waals surface area contributed by atoms with E-state index in [-0.39, 0.29) is 0 Å². The molecule has 0 aromatic rings. The predicted molar refractivity (Wildman–Crippen MR) is 51.7 cm³/mol. The van der Waals surface area contributed by atoms with Crippen LogP contribution in [0.15, 0.2) is 0 Å². The third-order valence-corrected chi connectivity index (χ3v) is 3.19. The second-order valence-electron chi connectivity index (χ2n) is 4.60. The largest absolute Gasteiger partial charge is 0.405 e. The molecule has 1 aliphatic rings. The molecular weight excluding hydrogens is 168 g/mol. The molecule has 70 valence electrons. The highest BCUT2D eigenvalue weighted by Crippen LogP contribution is 2.33. The zero-order valence-electron chi connectivity index (χ0n) is 8.22. The number of aldehydes is 1. The Balaban J connectivity index is 2.62. The second kappa shape index (κ2) is 3.30. The average molecular weight is 186 g/mol. The first-order chi connectivity index (χ1) is 5.47. The van der Waals surface area contributed by atoms with Crippen LogP contribution in [-0.4, -0.2) is 20.2 Å². The van der Waals surface area contributed by atoms with Gasteiger partial charge in [-0.1, -0.05) is 12.8 Å². The van der Waals surface area contributed by atoms with Crippen LogP contribution in [0.2, 0.25) is 19.6 Å². The summed E-state index contributed by atoms with van der Waals surface area (Å²) in [5.41, 5.74) is -0.398. The lowest BCUT2D eigenvalue weighted by Gasteiger charge is -2.31. The van der Waals surface area contributed by atoms with Gasteiger partial charge >= 0.3 is 0 Å². The summed E-state index contributed by atoms with van der Waals surface area (Å²) in [6.45, 7) is 6.41. The van der Waals surface area contributed by atoms with Crippen molar-refractivity contribution < 1.29 is 9.22 Å². The third kappa shape index (κ3) is 2.42. The van der Waals surface area contributed by atoms with Gasteiger partial charge in [-0.25, -0.2) is 0 Å². The fourth-order valence-corrected chi connectivity index (χ4v) is 3.30. The first-order valence-corrected chi connectivity index (χ1v) is 8.05. The molecule has 0 heterocycles. The maximum absolute atomic E-state index is 10.9. The number of carbonyl (C=O) groups is 1. The molecule has 0 radical (unpaired) electrons. The molecule has 3 heteroatoms. The molecule has 0 amide bonds. The molecule has 1 rings (SSSR count). The van der Waals surface area contributed by atoms with Crippen LogP contribution >= 0.6 is 0 Å². The Morgan fingerprint density at radius 3 is 2.08 bits per heavy atom. The number of hydrogen-bond donors (Lipinski definition) is 0. The van der Waals surface area contributed by atoms with Crippen LogP contribution in [0.5, 0.6) is 0 Å². The van der Waals surface area contributed by atoms with Crippen LogP contribution in [0.3, 0.4) is 0 Å². The Hall–Kier alpha value is -0.153. The lowest BCUT2D eigenvalue weighted by atomic mass is 10.1. The van der Waals surface area contributed by atoms with Crippen molar-refractivity contribution in [1.29, 1.82) is 0 Å². The zero-order chi connectivity index (χ0) is 9.24. The van der Waals surface area contributed by atoms with Gasteiger partial charge in [-0.15, -0.1) is 0 Å². The van der Waals surface area contributed by atoms with Crippen LogP contribution in [0.25, 0.3) is 0 Å².